The van der Waals surface area contributed by atoms with E-state index in [-0.39, 0.29) is 5.69 Å². The SMILES string of the molecule is CCNc1ccc([N+](=O)[O-])cc1S(=O)(=O)NCC(F)F. The maximum Gasteiger partial charge on any atom is 0.270 e. The summed E-state index contributed by atoms with van der Waals surface area (Å²) in [5.41, 5.74) is -0.330. The quantitative estimate of drug-likeness (QED) is 0.588. The van der Waals surface area contributed by atoms with Crippen LogP contribution in [0.25, 0.3) is 0 Å². The second-order valence-corrected chi connectivity index (χ2v) is 5.45. The van der Waals surface area contributed by atoms with Gasteiger partial charge in [-0.2, -0.15) is 0 Å². The van der Waals surface area contributed by atoms with Crippen molar-refractivity contribution in [3.63, 3.8) is 0 Å². The van der Waals surface area contributed by atoms with E-state index in [1.54, 1.807) is 11.6 Å². The van der Waals surface area contributed by atoms with E-state index in [0.717, 1.165) is 12.1 Å². The molecule has 10 heteroatoms. The van der Waals surface area contributed by atoms with Gasteiger partial charge in [0.15, 0.2) is 0 Å². The number of anilines is 1. The molecule has 1 aromatic carbocycles. The van der Waals surface area contributed by atoms with Crippen LogP contribution in [0.4, 0.5) is 20.2 Å². The lowest BCUT2D eigenvalue weighted by Crippen LogP contribution is -2.29. The molecule has 1 aromatic rings. The van der Waals surface area contributed by atoms with Gasteiger partial charge in [0.2, 0.25) is 10.0 Å². The maximum absolute atomic E-state index is 12.1. The second kappa shape index (κ2) is 6.57. The fraction of sp³-hybridized carbons (Fsp3) is 0.400. The summed E-state index contributed by atoms with van der Waals surface area (Å²) in [6.07, 6.45) is -2.86. The zero-order chi connectivity index (χ0) is 15.3. The van der Waals surface area contributed by atoms with Gasteiger partial charge in [-0.1, -0.05) is 0 Å². The average molecular weight is 309 g/mol. The van der Waals surface area contributed by atoms with Gasteiger partial charge in [-0.3, -0.25) is 10.1 Å². The third kappa shape index (κ3) is 4.10. The molecular formula is C10H13F2N3O4S. The van der Waals surface area contributed by atoms with E-state index in [0.29, 0.717) is 6.54 Å². The molecule has 0 radical (unpaired) electrons. The highest BCUT2D eigenvalue weighted by atomic mass is 32.2. The van der Waals surface area contributed by atoms with Crippen LogP contribution in [-0.4, -0.2) is 32.9 Å². The van der Waals surface area contributed by atoms with Gasteiger partial charge >= 0.3 is 0 Å². The van der Waals surface area contributed by atoms with Crippen LogP contribution in [0, 0.1) is 10.1 Å². The first-order valence-electron chi connectivity index (χ1n) is 5.58. The molecule has 0 aromatic heterocycles. The number of hydrogen-bond acceptors (Lipinski definition) is 5. The largest absolute Gasteiger partial charge is 0.384 e. The molecule has 0 amide bonds. The zero-order valence-corrected chi connectivity index (χ0v) is 11.3. The molecule has 7 nitrogen and oxygen atoms in total. The molecule has 0 aliphatic carbocycles. The molecule has 2 N–H and O–H groups in total. The van der Waals surface area contributed by atoms with E-state index in [2.05, 4.69) is 5.32 Å². The Hall–Kier alpha value is -1.81. The highest BCUT2D eigenvalue weighted by Gasteiger charge is 2.23. The summed E-state index contributed by atoms with van der Waals surface area (Å²) in [5, 5.41) is 13.4. The van der Waals surface area contributed by atoms with Gasteiger partial charge in [0, 0.05) is 18.7 Å². The first-order chi connectivity index (χ1) is 9.27. The minimum atomic E-state index is -4.26. The highest BCUT2D eigenvalue weighted by molar-refractivity contribution is 7.89. The number of non-ortho nitro benzene ring substituents is 1. The summed E-state index contributed by atoms with van der Waals surface area (Å²) in [6.45, 7) is 1.01. The van der Waals surface area contributed by atoms with Crippen molar-refractivity contribution < 1.29 is 22.1 Å². The summed E-state index contributed by atoms with van der Waals surface area (Å²) in [6, 6.07) is 3.18. The van der Waals surface area contributed by atoms with Gasteiger partial charge in [-0.25, -0.2) is 21.9 Å². The number of benzene rings is 1. The Morgan fingerprint density at radius 2 is 2.05 bits per heavy atom. The number of alkyl halides is 2. The summed E-state index contributed by atoms with van der Waals surface area (Å²) in [5.74, 6) is 0. The number of halogens is 2. The van der Waals surface area contributed by atoms with Crippen LogP contribution < -0.4 is 10.0 Å². The van der Waals surface area contributed by atoms with Crippen LogP contribution in [0.15, 0.2) is 23.1 Å². The molecule has 0 spiro atoms. The highest BCUT2D eigenvalue weighted by Crippen LogP contribution is 2.26. The van der Waals surface area contributed by atoms with Gasteiger partial charge < -0.3 is 5.32 Å². The standard InChI is InChI=1S/C10H13F2N3O4S/c1-2-13-8-4-3-7(15(16)17)5-9(8)20(18,19)14-6-10(11)12/h3-5,10,13-14H,2,6H2,1H3. The van der Waals surface area contributed by atoms with Crippen LogP contribution >= 0.6 is 0 Å². The van der Waals surface area contributed by atoms with E-state index in [1.807, 2.05) is 0 Å². The van der Waals surface area contributed by atoms with Crippen molar-refractivity contribution in [2.24, 2.45) is 0 Å². The smallest absolute Gasteiger partial charge is 0.270 e. The van der Waals surface area contributed by atoms with Crippen molar-refractivity contribution >= 4 is 21.4 Å². The van der Waals surface area contributed by atoms with E-state index in [4.69, 9.17) is 0 Å². The van der Waals surface area contributed by atoms with Gasteiger partial charge in [-0.15, -0.1) is 0 Å². The predicted octanol–water partition coefficient (Wildman–Crippen LogP) is 1.57. The molecule has 0 bridgehead atoms. The number of rotatable bonds is 7. The number of nitro groups is 1. The third-order valence-corrected chi connectivity index (χ3v) is 3.72. The van der Waals surface area contributed by atoms with Crippen molar-refractivity contribution in [1.82, 2.24) is 4.72 Å². The molecule has 0 aliphatic rings. The van der Waals surface area contributed by atoms with Crippen molar-refractivity contribution in [3.8, 4) is 0 Å². The Morgan fingerprint density at radius 1 is 1.40 bits per heavy atom. The maximum atomic E-state index is 12.1. The minimum Gasteiger partial charge on any atom is -0.384 e. The number of nitrogens with one attached hydrogen (secondary N) is 2. The Balaban J connectivity index is 3.24. The number of nitrogens with zero attached hydrogens (tertiary/aromatic N) is 1. The van der Waals surface area contributed by atoms with E-state index >= 15 is 0 Å². The molecule has 0 atom stereocenters. The Kier molecular flexibility index (Phi) is 5.34. The third-order valence-electron chi connectivity index (χ3n) is 2.26. The van der Waals surface area contributed by atoms with Crippen LogP contribution in [-0.2, 0) is 10.0 Å². The van der Waals surface area contributed by atoms with Gasteiger partial charge in [0.1, 0.15) is 4.90 Å². The van der Waals surface area contributed by atoms with Crippen molar-refractivity contribution in [2.75, 3.05) is 18.4 Å². The molecule has 1 rings (SSSR count). The van der Waals surface area contributed by atoms with Gasteiger partial charge in [-0.05, 0) is 13.0 Å². The fourth-order valence-electron chi connectivity index (χ4n) is 1.43. The molecule has 0 unspecified atom stereocenters. The zero-order valence-electron chi connectivity index (χ0n) is 10.5. The monoisotopic (exact) mass is 309 g/mol. The molecule has 0 aliphatic heterocycles. The fourth-order valence-corrected chi connectivity index (χ4v) is 2.64. The Morgan fingerprint density at radius 3 is 2.55 bits per heavy atom. The Bertz CT molecular complexity index is 592. The topological polar surface area (TPSA) is 101 Å². The number of sulfonamides is 1. The Labute approximate surface area is 114 Å². The lowest BCUT2D eigenvalue weighted by atomic mass is 10.3. The van der Waals surface area contributed by atoms with Crippen molar-refractivity contribution in [3.05, 3.63) is 28.3 Å². The molecule has 112 valence electrons. The van der Waals surface area contributed by atoms with Crippen LogP contribution in [0.3, 0.4) is 0 Å². The normalized spacial score (nSPS) is 11.6. The first-order valence-corrected chi connectivity index (χ1v) is 7.06. The van der Waals surface area contributed by atoms with Gasteiger partial charge in [0.25, 0.3) is 12.1 Å². The minimum absolute atomic E-state index is 0.111. The molecular weight excluding hydrogens is 296 g/mol. The van der Waals surface area contributed by atoms with Crippen LogP contribution in [0.5, 0.6) is 0 Å². The lowest BCUT2D eigenvalue weighted by Gasteiger charge is -2.12. The van der Waals surface area contributed by atoms with Crippen LogP contribution in [0.2, 0.25) is 0 Å². The molecule has 0 saturated carbocycles. The summed E-state index contributed by atoms with van der Waals surface area (Å²) in [4.78, 5) is 9.47. The molecule has 0 saturated heterocycles. The molecule has 0 fully saturated rings. The molecule has 20 heavy (non-hydrogen) atoms. The number of nitro benzene ring substituents is 1. The number of hydrogen-bond donors (Lipinski definition) is 2. The average Bonchev–Trinajstić information content (AvgIpc) is 2.37. The predicted molar refractivity (Wildman–Crippen MR) is 68.5 cm³/mol. The van der Waals surface area contributed by atoms with E-state index in [1.165, 1.54) is 6.07 Å². The first kappa shape index (κ1) is 16.2. The lowest BCUT2D eigenvalue weighted by molar-refractivity contribution is -0.385. The van der Waals surface area contributed by atoms with Crippen molar-refractivity contribution in [1.29, 1.82) is 0 Å². The van der Waals surface area contributed by atoms with Gasteiger partial charge in [0.05, 0.1) is 17.2 Å². The summed E-state index contributed by atoms with van der Waals surface area (Å²) >= 11 is 0. The summed E-state index contributed by atoms with van der Waals surface area (Å²) in [7, 11) is -4.26. The summed E-state index contributed by atoms with van der Waals surface area (Å²) < 4.78 is 49.7. The van der Waals surface area contributed by atoms with Crippen molar-refractivity contribution in [2.45, 2.75) is 18.2 Å². The molecule has 0 heterocycles. The second-order valence-electron chi connectivity index (χ2n) is 3.71. The van der Waals surface area contributed by atoms with Crippen LogP contribution in [0.1, 0.15) is 6.92 Å². The van der Waals surface area contributed by atoms with E-state index < -0.39 is 38.5 Å². The van der Waals surface area contributed by atoms with E-state index in [9.17, 15) is 27.3 Å².